The zero-order chi connectivity index (χ0) is 15.8. The Morgan fingerprint density at radius 3 is 2.74 bits per heavy atom. The van der Waals surface area contributed by atoms with Gasteiger partial charge in [0.1, 0.15) is 0 Å². The topological polar surface area (TPSA) is 63.8 Å². The predicted molar refractivity (Wildman–Crippen MR) is 88.8 cm³/mol. The van der Waals surface area contributed by atoms with E-state index in [1.54, 1.807) is 30.9 Å². The first-order chi connectivity index (χ1) is 11.2. The maximum Gasteiger partial charge on any atom is 0.211 e. The van der Waals surface area contributed by atoms with Crippen molar-refractivity contribution in [2.24, 2.45) is 0 Å². The molecule has 0 amide bonds. The first kappa shape index (κ1) is 13.7. The summed E-state index contributed by atoms with van der Waals surface area (Å²) in [6.45, 7) is 0. The maximum absolute atomic E-state index is 9.61. The number of fused-ring (bicyclic) bond motifs is 1. The van der Waals surface area contributed by atoms with Gasteiger partial charge in [0.05, 0.1) is 23.2 Å². The summed E-state index contributed by atoms with van der Waals surface area (Å²) in [6, 6.07) is 10.9. The molecule has 4 aromatic rings. The average Bonchev–Trinajstić information content (AvgIpc) is 3.07. The monoisotopic (exact) mass is 322 g/mol. The van der Waals surface area contributed by atoms with Gasteiger partial charge in [-0.1, -0.05) is 11.6 Å². The highest BCUT2D eigenvalue weighted by molar-refractivity contribution is 6.31. The second kappa shape index (κ2) is 5.37. The molecule has 5 nitrogen and oxygen atoms in total. The molecule has 0 atom stereocenters. The molecule has 3 heterocycles. The van der Waals surface area contributed by atoms with Crippen LogP contribution in [0.5, 0.6) is 5.88 Å². The van der Waals surface area contributed by atoms with Crippen molar-refractivity contribution in [3.8, 4) is 22.8 Å². The Bertz CT molecular complexity index is 999. The van der Waals surface area contributed by atoms with E-state index in [2.05, 4.69) is 15.0 Å². The highest BCUT2D eigenvalue weighted by atomic mass is 35.5. The number of benzene rings is 1. The molecular formula is C17H11ClN4O. The molecule has 0 radical (unpaired) electrons. The lowest BCUT2D eigenvalue weighted by molar-refractivity contribution is 0.454. The normalized spacial score (nSPS) is 11.0. The minimum atomic E-state index is -0.0420. The van der Waals surface area contributed by atoms with Crippen LogP contribution in [0.4, 0.5) is 0 Å². The Labute approximate surface area is 136 Å². The molecular weight excluding hydrogens is 312 g/mol. The average molecular weight is 323 g/mol. The summed E-state index contributed by atoms with van der Waals surface area (Å²) < 4.78 is 1.92. The molecule has 0 unspecified atom stereocenters. The van der Waals surface area contributed by atoms with Gasteiger partial charge in [-0.25, -0.2) is 15.0 Å². The van der Waals surface area contributed by atoms with Crippen LogP contribution in [-0.4, -0.2) is 24.6 Å². The molecule has 4 rings (SSSR count). The smallest absolute Gasteiger partial charge is 0.211 e. The first-order valence-electron chi connectivity index (χ1n) is 6.95. The number of aromatic hydroxyl groups is 1. The molecule has 0 saturated heterocycles. The second-order valence-corrected chi connectivity index (χ2v) is 5.50. The van der Waals surface area contributed by atoms with Crippen molar-refractivity contribution < 1.29 is 5.11 Å². The summed E-state index contributed by atoms with van der Waals surface area (Å²) in [7, 11) is 0. The number of imidazole rings is 1. The van der Waals surface area contributed by atoms with E-state index in [0.29, 0.717) is 5.02 Å². The van der Waals surface area contributed by atoms with Crippen molar-refractivity contribution in [2.75, 3.05) is 0 Å². The number of aromatic nitrogens is 4. The molecule has 23 heavy (non-hydrogen) atoms. The van der Waals surface area contributed by atoms with Gasteiger partial charge in [0, 0.05) is 40.6 Å². The largest absolute Gasteiger partial charge is 0.493 e. The van der Waals surface area contributed by atoms with Crippen LogP contribution in [-0.2, 0) is 0 Å². The first-order valence-corrected chi connectivity index (χ1v) is 7.32. The summed E-state index contributed by atoms with van der Waals surface area (Å²) in [5, 5.41) is 11.2. The van der Waals surface area contributed by atoms with Gasteiger partial charge < -0.3 is 9.67 Å². The van der Waals surface area contributed by atoms with Crippen molar-refractivity contribution in [2.45, 2.75) is 0 Å². The lowest BCUT2D eigenvalue weighted by Gasteiger charge is -2.11. The number of nitrogens with zero attached hydrogens (tertiary/aromatic N) is 4. The van der Waals surface area contributed by atoms with E-state index in [4.69, 9.17) is 11.6 Å². The van der Waals surface area contributed by atoms with E-state index in [1.165, 1.54) is 0 Å². The fourth-order valence-electron chi connectivity index (χ4n) is 2.52. The van der Waals surface area contributed by atoms with Gasteiger partial charge in [-0.3, -0.25) is 0 Å². The summed E-state index contributed by atoms with van der Waals surface area (Å²) in [5.74, 6) is -0.0420. The van der Waals surface area contributed by atoms with E-state index in [1.807, 2.05) is 35.0 Å². The zero-order valence-corrected chi connectivity index (χ0v) is 12.6. The third-order valence-electron chi connectivity index (χ3n) is 3.57. The van der Waals surface area contributed by atoms with Gasteiger partial charge in [-0.05, 0) is 30.3 Å². The molecule has 0 aliphatic rings. The molecule has 0 aliphatic carbocycles. The summed E-state index contributed by atoms with van der Waals surface area (Å²) in [6.07, 6.45) is 6.87. The highest BCUT2D eigenvalue weighted by Crippen LogP contribution is 2.29. The van der Waals surface area contributed by atoms with Crippen LogP contribution < -0.4 is 0 Å². The minimum absolute atomic E-state index is 0.0420. The summed E-state index contributed by atoms with van der Waals surface area (Å²) in [5.41, 5.74) is 3.22. The van der Waals surface area contributed by atoms with Gasteiger partial charge in [0.15, 0.2) is 0 Å². The third-order valence-corrected chi connectivity index (χ3v) is 3.81. The molecule has 6 heteroatoms. The molecule has 3 aromatic heterocycles. The van der Waals surface area contributed by atoms with Crippen LogP contribution in [0, 0.1) is 0 Å². The molecule has 1 aromatic carbocycles. The van der Waals surface area contributed by atoms with E-state index in [0.717, 1.165) is 27.8 Å². The number of pyridine rings is 2. The number of halogens is 1. The standard InChI is InChI=1S/C17H11ClN4O/c18-12-1-2-13-15(8-12)21-14(11-3-4-20-17(23)7-11)9-16(13)22-6-5-19-10-22/h1-10H,(H,20,23). The fourth-order valence-corrected chi connectivity index (χ4v) is 2.69. The van der Waals surface area contributed by atoms with E-state index < -0.39 is 0 Å². The summed E-state index contributed by atoms with van der Waals surface area (Å²) >= 11 is 6.11. The highest BCUT2D eigenvalue weighted by Gasteiger charge is 2.10. The van der Waals surface area contributed by atoms with Crippen LogP contribution >= 0.6 is 11.6 Å². The van der Waals surface area contributed by atoms with E-state index >= 15 is 0 Å². The fraction of sp³-hybridized carbons (Fsp3) is 0. The SMILES string of the molecule is Oc1cc(-c2cc(-n3ccnc3)c3ccc(Cl)cc3n2)ccn1. The predicted octanol–water partition coefficient (Wildman–Crippen LogP) is 3.84. The number of rotatable bonds is 2. The van der Waals surface area contributed by atoms with Gasteiger partial charge in [0.25, 0.3) is 0 Å². The van der Waals surface area contributed by atoms with E-state index in [9.17, 15) is 5.11 Å². The summed E-state index contributed by atoms with van der Waals surface area (Å²) in [4.78, 5) is 12.6. The van der Waals surface area contributed by atoms with Crippen LogP contribution in [0.3, 0.4) is 0 Å². The zero-order valence-electron chi connectivity index (χ0n) is 11.9. The van der Waals surface area contributed by atoms with Crippen LogP contribution in [0.2, 0.25) is 5.02 Å². The Balaban J connectivity index is 2.03. The molecule has 0 bridgehead atoms. The van der Waals surface area contributed by atoms with Crippen LogP contribution in [0.25, 0.3) is 27.8 Å². The Hall–Kier alpha value is -2.92. The van der Waals surface area contributed by atoms with Crippen LogP contribution in [0.1, 0.15) is 0 Å². The molecule has 1 N–H and O–H groups in total. The van der Waals surface area contributed by atoms with Gasteiger partial charge >= 0.3 is 0 Å². The third kappa shape index (κ3) is 2.51. The van der Waals surface area contributed by atoms with Gasteiger partial charge in [0.2, 0.25) is 5.88 Å². The van der Waals surface area contributed by atoms with Crippen molar-refractivity contribution >= 4 is 22.5 Å². The number of hydrogen-bond acceptors (Lipinski definition) is 4. The minimum Gasteiger partial charge on any atom is -0.493 e. The van der Waals surface area contributed by atoms with E-state index in [-0.39, 0.29) is 5.88 Å². The molecule has 112 valence electrons. The molecule has 0 fully saturated rings. The molecule has 0 spiro atoms. The van der Waals surface area contributed by atoms with Gasteiger partial charge in [-0.15, -0.1) is 0 Å². The maximum atomic E-state index is 9.61. The molecule has 0 aliphatic heterocycles. The van der Waals surface area contributed by atoms with Crippen LogP contribution in [0.15, 0.2) is 61.3 Å². The lowest BCUT2D eigenvalue weighted by atomic mass is 10.1. The van der Waals surface area contributed by atoms with Crippen molar-refractivity contribution in [1.82, 2.24) is 19.5 Å². The van der Waals surface area contributed by atoms with Crippen molar-refractivity contribution in [3.63, 3.8) is 0 Å². The van der Waals surface area contributed by atoms with Crippen molar-refractivity contribution in [1.29, 1.82) is 0 Å². The van der Waals surface area contributed by atoms with Gasteiger partial charge in [-0.2, -0.15) is 0 Å². The Morgan fingerprint density at radius 1 is 1.04 bits per heavy atom. The Morgan fingerprint density at radius 2 is 1.96 bits per heavy atom. The second-order valence-electron chi connectivity index (χ2n) is 5.06. The quantitative estimate of drug-likeness (QED) is 0.609. The van der Waals surface area contributed by atoms with Crippen molar-refractivity contribution in [3.05, 3.63) is 66.3 Å². The number of hydrogen-bond donors (Lipinski definition) is 1. The lowest BCUT2D eigenvalue weighted by Crippen LogP contribution is -1.96. The Kier molecular flexibility index (Phi) is 3.20. The molecule has 0 saturated carbocycles.